The first kappa shape index (κ1) is 11.1. The highest BCUT2D eigenvalue weighted by Gasteiger charge is 2.32. The predicted octanol–water partition coefficient (Wildman–Crippen LogP) is 0.577. The average Bonchev–Trinajstić information content (AvgIpc) is 2.44. The molecule has 1 aromatic rings. The van der Waals surface area contributed by atoms with Crippen molar-refractivity contribution in [1.82, 2.24) is 4.90 Å². The van der Waals surface area contributed by atoms with Crippen LogP contribution in [0.4, 0.5) is 0 Å². The van der Waals surface area contributed by atoms with Crippen LogP contribution in [-0.2, 0) is 9.53 Å². The van der Waals surface area contributed by atoms with Crippen LogP contribution in [0.25, 0.3) is 0 Å². The number of carbonyl (C=O) groups excluding carboxylic acids is 1. The number of benzene rings is 1. The molecule has 2 atom stereocenters. The SMILES string of the molecule is CN1CCOC(c2ccccc2)C(O)C1=O. The lowest BCUT2D eigenvalue weighted by Crippen LogP contribution is -2.37. The molecule has 1 aliphatic heterocycles. The molecule has 0 bridgehead atoms. The van der Waals surface area contributed by atoms with Crippen molar-refractivity contribution in [2.24, 2.45) is 0 Å². The van der Waals surface area contributed by atoms with Crippen molar-refractivity contribution in [2.75, 3.05) is 20.2 Å². The fourth-order valence-corrected chi connectivity index (χ4v) is 1.79. The lowest BCUT2D eigenvalue weighted by Gasteiger charge is -2.20. The first-order chi connectivity index (χ1) is 7.70. The molecule has 0 aliphatic carbocycles. The molecule has 0 aromatic heterocycles. The van der Waals surface area contributed by atoms with Gasteiger partial charge in [-0.05, 0) is 5.56 Å². The van der Waals surface area contributed by atoms with E-state index in [2.05, 4.69) is 0 Å². The molecular weight excluding hydrogens is 206 g/mol. The van der Waals surface area contributed by atoms with Crippen LogP contribution < -0.4 is 0 Å². The van der Waals surface area contributed by atoms with Crippen molar-refractivity contribution in [3.8, 4) is 0 Å². The van der Waals surface area contributed by atoms with Gasteiger partial charge in [-0.2, -0.15) is 0 Å². The Kier molecular flexibility index (Phi) is 3.22. The molecule has 1 aromatic carbocycles. The van der Waals surface area contributed by atoms with Crippen LogP contribution in [0.1, 0.15) is 11.7 Å². The maximum atomic E-state index is 11.7. The Balaban J connectivity index is 2.24. The smallest absolute Gasteiger partial charge is 0.254 e. The van der Waals surface area contributed by atoms with E-state index in [9.17, 15) is 9.90 Å². The fraction of sp³-hybridized carbons (Fsp3) is 0.417. The number of rotatable bonds is 1. The number of hydrogen-bond acceptors (Lipinski definition) is 3. The standard InChI is InChI=1S/C12H15NO3/c1-13-7-8-16-11(10(14)12(13)15)9-5-3-2-4-6-9/h2-6,10-11,14H,7-8H2,1H3. The Morgan fingerprint density at radius 1 is 1.38 bits per heavy atom. The van der Waals surface area contributed by atoms with Gasteiger partial charge in [0.25, 0.3) is 5.91 Å². The first-order valence-electron chi connectivity index (χ1n) is 5.30. The quantitative estimate of drug-likeness (QED) is 0.754. The number of likely N-dealkylation sites (N-methyl/N-ethyl adjacent to an activating group) is 1. The second-order valence-corrected chi connectivity index (χ2v) is 3.91. The van der Waals surface area contributed by atoms with Crippen LogP contribution in [0.15, 0.2) is 30.3 Å². The van der Waals surface area contributed by atoms with Gasteiger partial charge in [0.15, 0.2) is 6.10 Å². The molecule has 2 rings (SSSR count). The molecule has 0 saturated carbocycles. The molecule has 1 aliphatic rings. The van der Waals surface area contributed by atoms with E-state index in [0.717, 1.165) is 5.56 Å². The third-order valence-corrected chi connectivity index (χ3v) is 2.77. The Morgan fingerprint density at radius 3 is 2.75 bits per heavy atom. The summed E-state index contributed by atoms with van der Waals surface area (Å²) in [5, 5.41) is 9.93. The third kappa shape index (κ3) is 2.08. The zero-order valence-corrected chi connectivity index (χ0v) is 9.17. The van der Waals surface area contributed by atoms with E-state index in [1.165, 1.54) is 4.90 Å². The summed E-state index contributed by atoms with van der Waals surface area (Å²) in [5.41, 5.74) is 0.832. The molecule has 1 fully saturated rings. The molecule has 1 heterocycles. The van der Waals surface area contributed by atoms with Crippen LogP contribution in [0.3, 0.4) is 0 Å². The Bertz CT molecular complexity index is 366. The zero-order valence-electron chi connectivity index (χ0n) is 9.17. The van der Waals surface area contributed by atoms with Gasteiger partial charge in [0.2, 0.25) is 0 Å². The van der Waals surface area contributed by atoms with E-state index < -0.39 is 12.2 Å². The molecule has 1 amide bonds. The number of carbonyl (C=O) groups is 1. The molecule has 2 unspecified atom stereocenters. The van der Waals surface area contributed by atoms with Crippen LogP contribution >= 0.6 is 0 Å². The normalized spacial score (nSPS) is 26.6. The highest BCUT2D eigenvalue weighted by molar-refractivity contribution is 5.81. The summed E-state index contributed by atoms with van der Waals surface area (Å²) in [5.74, 6) is -0.286. The molecule has 4 nitrogen and oxygen atoms in total. The second kappa shape index (κ2) is 4.63. The van der Waals surface area contributed by atoms with Gasteiger partial charge < -0.3 is 14.7 Å². The maximum Gasteiger partial charge on any atom is 0.254 e. The number of aliphatic hydroxyl groups is 1. The van der Waals surface area contributed by atoms with E-state index in [0.29, 0.717) is 13.2 Å². The predicted molar refractivity (Wildman–Crippen MR) is 58.8 cm³/mol. The van der Waals surface area contributed by atoms with Crippen molar-refractivity contribution in [1.29, 1.82) is 0 Å². The Morgan fingerprint density at radius 2 is 2.06 bits per heavy atom. The summed E-state index contributed by atoms with van der Waals surface area (Å²) in [6.45, 7) is 0.956. The number of hydrogen-bond donors (Lipinski definition) is 1. The minimum Gasteiger partial charge on any atom is -0.380 e. The molecular formula is C12H15NO3. The molecule has 0 spiro atoms. The van der Waals surface area contributed by atoms with Crippen LogP contribution in [0.2, 0.25) is 0 Å². The lowest BCUT2D eigenvalue weighted by molar-refractivity contribution is -0.142. The maximum absolute atomic E-state index is 11.7. The van der Waals surface area contributed by atoms with E-state index in [4.69, 9.17) is 4.74 Å². The summed E-state index contributed by atoms with van der Waals surface area (Å²) in [6, 6.07) is 9.33. The van der Waals surface area contributed by atoms with Gasteiger partial charge >= 0.3 is 0 Å². The summed E-state index contributed by atoms with van der Waals surface area (Å²) >= 11 is 0. The van der Waals surface area contributed by atoms with Crippen LogP contribution in [0.5, 0.6) is 0 Å². The first-order valence-corrected chi connectivity index (χ1v) is 5.30. The summed E-state index contributed by atoms with van der Waals surface area (Å²) in [4.78, 5) is 13.2. The van der Waals surface area contributed by atoms with Gasteiger partial charge in [-0.25, -0.2) is 0 Å². The van der Waals surface area contributed by atoms with Gasteiger partial charge in [-0.1, -0.05) is 30.3 Å². The molecule has 1 saturated heterocycles. The Hall–Kier alpha value is -1.39. The van der Waals surface area contributed by atoms with Crippen molar-refractivity contribution >= 4 is 5.91 Å². The van der Waals surface area contributed by atoms with Crippen molar-refractivity contribution in [3.63, 3.8) is 0 Å². The number of ether oxygens (including phenoxy) is 1. The van der Waals surface area contributed by atoms with Crippen LogP contribution in [0, 0.1) is 0 Å². The molecule has 86 valence electrons. The van der Waals surface area contributed by atoms with E-state index in [1.54, 1.807) is 7.05 Å². The fourth-order valence-electron chi connectivity index (χ4n) is 1.79. The van der Waals surface area contributed by atoms with E-state index in [-0.39, 0.29) is 5.91 Å². The molecule has 1 N–H and O–H groups in total. The zero-order chi connectivity index (χ0) is 11.5. The monoisotopic (exact) mass is 221 g/mol. The highest BCUT2D eigenvalue weighted by atomic mass is 16.5. The highest BCUT2D eigenvalue weighted by Crippen LogP contribution is 2.24. The second-order valence-electron chi connectivity index (χ2n) is 3.91. The van der Waals surface area contributed by atoms with Gasteiger partial charge in [0.1, 0.15) is 6.10 Å². The van der Waals surface area contributed by atoms with Gasteiger partial charge in [-0.15, -0.1) is 0 Å². The minimum absolute atomic E-state index is 0.286. The largest absolute Gasteiger partial charge is 0.380 e. The number of amides is 1. The lowest BCUT2D eigenvalue weighted by atomic mass is 10.0. The van der Waals surface area contributed by atoms with E-state index >= 15 is 0 Å². The minimum atomic E-state index is -1.12. The molecule has 4 heteroatoms. The summed E-state index contributed by atoms with van der Waals surface area (Å²) in [6.07, 6.45) is -1.67. The topological polar surface area (TPSA) is 49.8 Å². The van der Waals surface area contributed by atoms with Crippen molar-refractivity contribution in [2.45, 2.75) is 12.2 Å². The number of nitrogens with zero attached hydrogens (tertiary/aromatic N) is 1. The summed E-state index contributed by atoms with van der Waals surface area (Å²) < 4.78 is 5.53. The summed E-state index contributed by atoms with van der Waals surface area (Å²) in [7, 11) is 1.67. The van der Waals surface area contributed by atoms with Crippen molar-refractivity contribution in [3.05, 3.63) is 35.9 Å². The average molecular weight is 221 g/mol. The molecule has 0 radical (unpaired) electrons. The van der Waals surface area contributed by atoms with Gasteiger partial charge in [0, 0.05) is 13.6 Å². The number of aliphatic hydroxyl groups excluding tert-OH is 1. The van der Waals surface area contributed by atoms with Crippen LogP contribution in [-0.4, -0.2) is 42.2 Å². The van der Waals surface area contributed by atoms with Gasteiger partial charge in [-0.3, -0.25) is 4.79 Å². The van der Waals surface area contributed by atoms with E-state index in [1.807, 2.05) is 30.3 Å². The Labute approximate surface area is 94.4 Å². The molecule has 16 heavy (non-hydrogen) atoms. The van der Waals surface area contributed by atoms with Gasteiger partial charge in [0.05, 0.1) is 6.61 Å². The van der Waals surface area contributed by atoms with Crippen molar-refractivity contribution < 1.29 is 14.6 Å². The third-order valence-electron chi connectivity index (χ3n) is 2.77.